The van der Waals surface area contributed by atoms with Gasteiger partial charge in [-0.05, 0) is 44.4 Å². The highest BCUT2D eigenvalue weighted by Crippen LogP contribution is 2.23. The van der Waals surface area contributed by atoms with Crippen LogP contribution in [0.15, 0.2) is 55.0 Å². The van der Waals surface area contributed by atoms with Gasteiger partial charge in [0.1, 0.15) is 0 Å². The van der Waals surface area contributed by atoms with Crippen molar-refractivity contribution in [3.05, 3.63) is 66.2 Å². The molecule has 3 aromatic rings. The van der Waals surface area contributed by atoms with E-state index in [9.17, 15) is 4.79 Å². The van der Waals surface area contributed by atoms with Gasteiger partial charge in [-0.15, -0.1) is 0 Å². The van der Waals surface area contributed by atoms with Crippen molar-refractivity contribution in [2.45, 2.75) is 38.8 Å². The summed E-state index contributed by atoms with van der Waals surface area (Å²) >= 11 is 0. The standard InChI is InChI=1S/C20H23N5O/c1-16-19(14-22-25(16)17-8-3-2-4-9-17)20(26)24-13-6-5-10-18(24)15-23-12-7-11-21-23/h2-4,7-9,11-12,14,18H,5-6,10,13,15H2,1H3. The molecule has 0 saturated carbocycles. The Morgan fingerprint density at radius 3 is 2.77 bits per heavy atom. The van der Waals surface area contributed by atoms with Gasteiger partial charge in [-0.3, -0.25) is 9.48 Å². The monoisotopic (exact) mass is 349 g/mol. The van der Waals surface area contributed by atoms with Gasteiger partial charge in [-0.25, -0.2) is 4.68 Å². The topological polar surface area (TPSA) is 56.0 Å². The zero-order valence-electron chi connectivity index (χ0n) is 15.0. The molecule has 134 valence electrons. The summed E-state index contributed by atoms with van der Waals surface area (Å²) in [6.07, 6.45) is 8.64. The molecule has 2 aromatic heterocycles. The molecule has 1 atom stereocenters. The third-order valence-electron chi connectivity index (χ3n) is 5.09. The lowest BCUT2D eigenvalue weighted by molar-refractivity contribution is 0.0583. The minimum absolute atomic E-state index is 0.0709. The van der Waals surface area contributed by atoms with Crippen LogP contribution in [0.25, 0.3) is 5.69 Å². The highest BCUT2D eigenvalue weighted by atomic mass is 16.2. The van der Waals surface area contributed by atoms with Gasteiger partial charge in [0.15, 0.2) is 0 Å². The van der Waals surface area contributed by atoms with Crippen LogP contribution in [0.2, 0.25) is 0 Å². The SMILES string of the molecule is Cc1c(C(=O)N2CCCCC2Cn2cccn2)cnn1-c1ccccc1. The van der Waals surface area contributed by atoms with E-state index in [1.165, 1.54) is 0 Å². The van der Waals surface area contributed by atoms with E-state index in [2.05, 4.69) is 10.2 Å². The van der Waals surface area contributed by atoms with Gasteiger partial charge in [-0.1, -0.05) is 18.2 Å². The molecule has 0 spiro atoms. The summed E-state index contributed by atoms with van der Waals surface area (Å²) in [6.45, 7) is 3.49. The predicted molar refractivity (Wildman–Crippen MR) is 99.2 cm³/mol. The quantitative estimate of drug-likeness (QED) is 0.727. The number of piperidine rings is 1. The number of likely N-dealkylation sites (tertiary alicyclic amines) is 1. The molecule has 1 unspecified atom stereocenters. The highest BCUT2D eigenvalue weighted by molar-refractivity contribution is 5.95. The van der Waals surface area contributed by atoms with Gasteiger partial charge in [0, 0.05) is 18.9 Å². The van der Waals surface area contributed by atoms with Crippen LogP contribution in [0.1, 0.15) is 35.3 Å². The molecule has 6 nitrogen and oxygen atoms in total. The largest absolute Gasteiger partial charge is 0.334 e. The molecule has 1 saturated heterocycles. The molecular formula is C20H23N5O. The summed E-state index contributed by atoms with van der Waals surface area (Å²) in [5.74, 6) is 0.0709. The van der Waals surface area contributed by atoms with Crippen molar-refractivity contribution in [2.24, 2.45) is 0 Å². The van der Waals surface area contributed by atoms with Crippen molar-refractivity contribution in [1.29, 1.82) is 0 Å². The van der Waals surface area contributed by atoms with Crippen LogP contribution < -0.4 is 0 Å². The van der Waals surface area contributed by atoms with Gasteiger partial charge < -0.3 is 4.90 Å². The van der Waals surface area contributed by atoms with E-state index in [0.717, 1.165) is 43.7 Å². The van der Waals surface area contributed by atoms with Crippen LogP contribution in [0.5, 0.6) is 0 Å². The van der Waals surface area contributed by atoms with Gasteiger partial charge in [0.25, 0.3) is 5.91 Å². The summed E-state index contributed by atoms with van der Waals surface area (Å²) in [5, 5.41) is 8.75. The number of carbonyl (C=O) groups excluding carboxylic acids is 1. The van der Waals surface area contributed by atoms with E-state index in [4.69, 9.17) is 0 Å². The average Bonchev–Trinajstić information content (AvgIpc) is 3.32. The third kappa shape index (κ3) is 3.14. The Morgan fingerprint density at radius 2 is 2.00 bits per heavy atom. The second-order valence-electron chi connectivity index (χ2n) is 6.77. The van der Waals surface area contributed by atoms with E-state index in [1.807, 2.05) is 63.8 Å². The minimum atomic E-state index is 0.0709. The summed E-state index contributed by atoms with van der Waals surface area (Å²) < 4.78 is 3.75. The molecule has 0 bridgehead atoms. The van der Waals surface area contributed by atoms with Crippen molar-refractivity contribution in [3.63, 3.8) is 0 Å². The number of carbonyl (C=O) groups is 1. The first-order chi connectivity index (χ1) is 12.7. The summed E-state index contributed by atoms with van der Waals surface area (Å²) in [5.41, 5.74) is 2.53. The van der Waals surface area contributed by atoms with Gasteiger partial charge >= 0.3 is 0 Å². The Labute approximate surface area is 153 Å². The summed E-state index contributed by atoms with van der Waals surface area (Å²) in [7, 11) is 0. The Hall–Kier alpha value is -2.89. The Morgan fingerprint density at radius 1 is 1.15 bits per heavy atom. The molecule has 6 heteroatoms. The van der Waals surface area contributed by atoms with Crippen molar-refractivity contribution in [2.75, 3.05) is 6.54 Å². The molecule has 0 aliphatic carbocycles. The maximum Gasteiger partial charge on any atom is 0.257 e. The molecule has 1 amide bonds. The van der Waals surface area contributed by atoms with E-state index in [-0.39, 0.29) is 11.9 Å². The van der Waals surface area contributed by atoms with Crippen LogP contribution in [0, 0.1) is 6.92 Å². The number of hydrogen-bond donors (Lipinski definition) is 0. The van der Waals surface area contributed by atoms with Gasteiger partial charge in [0.05, 0.1) is 35.7 Å². The fourth-order valence-corrected chi connectivity index (χ4v) is 3.69. The number of para-hydroxylation sites is 1. The molecule has 1 aliphatic heterocycles. The number of rotatable bonds is 4. The predicted octanol–water partition coefficient (Wildman–Crippen LogP) is 3.07. The van der Waals surface area contributed by atoms with Crippen LogP contribution in [-0.2, 0) is 6.54 Å². The number of amides is 1. The molecule has 0 N–H and O–H groups in total. The van der Waals surface area contributed by atoms with Gasteiger partial charge in [0.2, 0.25) is 0 Å². The minimum Gasteiger partial charge on any atom is -0.334 e. The molecular weight excluding hydrogens is 326 g/mol. The molecule has 3 heterocycles. The molecule has 26 heavy (non-hydrogen) atoms. The molecule has 1 aromatic carbocycles. The number of hydrogen-bond acceptors (Lipinski definition) is 3. The van der Waals surface area contributed by atoms with E-state index in [1.54, 1.807) is 12.4 Å². The first-order valence-electron chi connectivity index (χ1n) is 9.12. The third-order valence-corrected chi connectivity index (χ3v) is 5.09. The fourth-order valence-electron chi connectivity index (χ4n) is 3.69. The van der Waals surface area contributed by atoms with Crippen LogP contribution >= 0.6 is 0 Å². The number of benzene rings is 1. The van der Waals surface area contributed by atoms with E-state index in [0.29, 0.717) is 5.56 Å². The number of aromatic nitrogens is 4. The second-order valence-corrected chi connectivity index (χ2v) is 6.77. The average molecular weight is 349 g/mol. The van der Waals surface area contributed by atoms with Crippen LogP contribution in [0.3, 0.4) is 0 Å². The maximum absolute atomic E-state index is 13.2. The zero-order valence-corrected chi connectivity index (χ0v) is 15.0. The fraction of sp³-hybridized carbons (Fsp3) is 0.350. The lowest BCUT2D eigenvalue weighted by atomic mass is 10.0. The number of nitrogens with zero attached hydrogens (tertiary/aromatic N) is 5. The zero-order chi connectivity index (χ0) is 17.9. The lowest BCUT2D eigenvalue weighted by Gasteiger charge is -2.35. The summed E-state index contributed by atoms with van der Waals surface area (Å²) in [6, 6.07) is 12.0. The first kappa shape index (κ1) is 16.6. The Kier molecular flexibility index (Phi) is 4.56. The maximum atomic E-state index is 13.2. The van der Waals surface area contributed by atoms with E-state index < -0.39 is 0 Å². The van der Waals surface area contributed by atoms with Gasteiger partial charge in [-0.2, -0.15) is 10.2 Å². The first-order valence-corrected chi connectivity index (χ1v) is 9.12. The van der Waals surface area contributed by atoms with Crippen molar-refractivity contribution in [1.82, 2.24) is 24.5 Å². The molecule has 1 aliphatic rings. The molecule has 0 radical (unpaired) electrons. The normalized spacial score (nSPS) is 17.4. The lowest BCUT2D eigenvalue weighted by Crippen LogP contribution is -2.46. The van der Waals surface area contributed by atoms with Crippen LogP contribution in [-0.4, -0.2) is 43.0 Å². The van der Waals surface area contributed by atoms with Crippen molar-refractivity contribution >= 4 is 5.91 Å². The van der Waals surface area contributed by atoms with E-state index >= 15 is 0 Å². The van der Waals surface area contributed by atoms with Crippen molar-refractivity contribution < 1.29 is 4.79 Å². The Bertz CT molecular complexity index is 869. The smallest absolute Gasteiger partial charge is 0.257 e. The van der Waals surface area contributed by atoms with Crippen molar-refractivity contribution in [3.8, 4) is 5.69 Å². The Balaban J connectivity index is 1.59. The summed E-state index contributed by atoms with van der Waals surface area (Å²) in [4.78, 5) is 15.3. The molecule has 4 rings (SSSR count). The second kappa shape index (κ2) is 7.15. The highest BCUT2D eigenvalue weighted by Gasteiger charge is 2.30. The molecule has 1 fully saturated rings. The van der Waals surface area contributed by atoms with Crippen LogP contribution in [0.4, 0.5) is 0 Å².